The first-order valence-corrected chi connectivity index (χ1v) is 12.2. The molecule has 2 amide bonds. The molecule has 38 heavy (non-hydrogen) atoms. The van der Waals surface area contributed by atoms with Crippen LogP contribution in [0.3, 0.4) is 0 Å². The molecule has 0 aliphatic carbocycles. The number of rotatable bonds is 4. The van der Waals surface area contributed by atoms with Gasteiger partial charge in [0.1, 0.15) is 5.82 Å². The van der Waals surface area contributed by atoms with Crippen LogP contribution < -0.4 is 15.5 Å². The number of amides is 2. The summed E-state index contributed by atoms with van der Waals surface area (Å²) in [6, 6.07) is 30.1. The Labute approximate surface area is 219 Å². The molecule has 5 aromatic rings. The zero-order chi connectivity index (χ0) is 25.9. The number of pyridine rings is 2. The summed E-state index contributed by atoms with van der Waals surface area (Å²) in [5, 5.41) is 6.29. The van der Waals surface area contributed by atoms with Crippen molar-refractivity contribution in [2.45, 2.75) is 6.54 Å². The largest absolute Gasteiger partial charge is 0.354 e. The summed E-state index contributed by atoms with van der Waals surface area (Å²) in [4.78, 5) is 36.9. The minimum absolute atomic E-state index is 0.177. The van der Waals surface area contributed by atoms with Crippen molar-refractivity contribution in [2.75, 3.05) is 15.5 Å². The first kappa shape index (κ1) is 23.1. The maximum atomic E-state index is 13.6. The van der Waals surface area contributed by atoms with E-state index in [2.05, 4.69) is 20.6 Å². The van der Waals surface area contributed by atoms with Crippen molar-refractivity contribution in [1.82, 2.24) is 9.97 Å². The van der Waals surface area contributed by atoms with E-state index < -0.39 is 0 Å². The number of carbonyl (C=O) groups is 2. The summed E-state index contributed by atoms with van der Waals surface area (Å²) in [6.45, 7) is 0.420. The van der Waals surface area contributed by atoms with Gasteiger partial charge in [-0.2, -0.15) is 0 Å². The minimum atomic E-state index is -0.284. The van der Waals surface area contributed by atoms with Crippen LogP contribution in [0.25, 0.3) is 11.1 Å². The fraction of sp³-hybridized carbons (Fsp3) is 0.0323. The highest BCUT2D eigenvalue weighted by molar-refractivity contribution is 6.10. The number of aromatic nitrogens is 2. The Kier molecular flexibility index (Phi) is 6.08. The summed E-state index contributed by atoms with van der Waals surface area (Å²) in [7, 11) is 0. The predicted octanol–water partition coefficient (Wildman–Crippen LogP) is 6.30. The van der Waals surface area contributed by atoms with Crippen molar-refractivity contribution in [1.29, 1.82) is 0 Å². The van der Waals surface area contributed by atoms with Crippen LogP contribution in [0.5, 0.6) is 0 Å². The highest BCUT2D eigenvalue weighted by Gasteiger charge is 2.25. The molecule has 3 aromatic carbocycles. The number of benzene rings is 3. The van der Waals surface area contributed by atoms with Gasteiger partial charge in [0.15, 0.2) is 0 Å². The molecule has 0 radical (unpaired) electrons. The van der Waals surface area contributed by atoms with E-state index in [9.17, 15) is 9.59 Å². The molecule has 0 spiro atoms. The van der Waals surface area contributed by atoms with Gasteiger partial charge in [-0.05, 0) is 65.2 Å². The average Bonchev–Trinajstić information content (AvgIpc) is 3.14. The molecule has 0 fully saturated rings. The van der Waals surface area contributed by atoms with Crippen molar-refractivity contribution in [3.05, 3.63) is 132 Å². The summed E-state index contributed by atoms with van der Waals surface area (Å²) < 4.78 is 0. The quantitative estimate of drug-likeness (QED) is 0.304. The van der Waals surface area contributed by atoms with Crippen LogP contribution in [0.15, 0.2) is 116 Å². The van der Waals surface area contributed by atoms with Crippen LogP contribution in [-0.4, -0.2) is 21.8 Å². The number of para-hydroxylation sites is 3. The summed E-state index contributed by atoms with van der Waals surface area (Å²) >= 11 is 0. The van der Waals surface area contributed by atoms with Crippen LogP contribution in [0.2, 0.25) is 0 Å². The number of nitrogens with zero attached hydrogens (tertiary/aromatic N) is 3. The Morgan fingerprint density at radius 3 is 2.34 bits per heavy atom. The maximum absolute atomic E-state index is 13.6. The normalized spacial score (nSPS) is 11.9. The van der Waals surface area contributed by atoms with E-state index >= 15 is 0 Å². The number of hydrogen-bond acceptors (Lipinski definition) is 5. The molecule has 2 N–H and O–H groups in total. The summed E-state index contributed by atoms with van der Waals surface area (Å²) in [5.74, 6) is -0.100. The van der Waals surface area contributed by atoms with E-state index in [-0.39, 0.29) is 11.8 Å². The molecular weight excluding hydrogens is 474 g/mol. The molecule has 1 aliphatic heterocycles. The van der Waals surface area contributed by atoms with Gasteiger partial charge < -0.3 is 15.5 Å². The van der Waals surface area contributed by atoms with Crippen molar-refractivity contribution in [3.8, 4) is 11.1 Å². The van der Waals surface area contributed by atoms with Gasteiger partial charge in [0.25, 0.3) is 11.8 Å². The van der Waals surface area contributed by atoms with Gasteiger partial charge in [-0.25, -0.2) is 4.98 Å². The lowest BCUT2D eigenvalue weighted by atomic mass is 10.0. The molecule has 0 saturated heterocycles. The zero-order valence-electron chi connectivity index (χ0n) is 20.3. The van der Waals surface area contributed by atoms with E-state index in [1.54, 1.807) is 35.5 Å². The van der Waals surface area contributed by atoms with Gasteiger partial charge in [0, 0.05) is 29.8 Å². The Balaban J connectivity index is 1.24. The smallest absolute Gasteiger partial charge is 0.260 e. The molecule has 0 saturated carbocycles. The first-order valence-electron chi connectivity index (χ1n) is 12.2. The van der Waals surface area contributed by atoms with Crippen molar-refractivity contribution < 1.29 is 9.59 Å². The molecule has 0 atom stereocenters. The Bertz CT molecular complexity index is 1630. The van der Waals surface area contributed by atoms with Crippen LogP contribution in [0.1, 0.15) is 26.3 Å². The lowest BCUT2D eigenvalue weighted by Crippen LogP contribution is -2.30. The third-order valence-electron chi connectivity index (χ3n) is 6.47. The fourth-order valence-electron chi connectivity index (χ4n) is 4.57. The van der Waals surface area contributed by atoms with Crippen molar-refractivity contribution in [2.24, 2.45) is 0 Å². The molecule has 2 aromatic heterocycles. The number of nitrogens with one attached hydrogen (secondary N) is 2. The summed E-state index contributed by atoms with van der Waals surface area (Å²) in [5.41, 5.74) is 6.28. The van der Waals surface area contributed by atoms with E-state index in [1.807, 2.05) is 78.9 Å². The standard InChI is InChI=1S/C31H23N5O2/c37-30(25-9-3-2-8-24(25)21-15-17-32-18-16-21)35-29-14-13-22(19-33-29)31(38)36-20-23-7-1-4-10-26(23)34-27-11-5-6-12-28(27)36/h1-19,34H,20H2,(H,33,35,37). The van der Waals surface area contributed by atoms with Gasteiger partial charge in [-0.3, -0.25) is 14.6 Å². The third kappa shape index (κ3) is 4.49. The highest BCUT2D eigenvalue weighted by Crippen LogP contribution is 2.36. The second kappa shape index (κ2) is 9.99. The molecule has 6 rings (SSSR count). The van der Waals surface area contributed by atoms with E-state index in [1.165, 1.54) is 6.20 Å². The molecular formula is C31H23N5O2. The van der Waals surface area contributed by atoms with Gasteiger partial charge in [-0.1, -0.05) is 48.5 Å². The molecule has 7 heteroatoms. The monoisotopic (exact) mass is 497 g/mol. The number of carbonyl (C=O) groups excluding carboxylic acids is 2. The Morgan fingerprint density at radius 1 is 0.789 bits per heavy atom. The average molecular weight is 498 g/mol. The molecule has 0 bridgehead atoms. The van der Waals surface area contributed by atoms with E-state index in [4.69, 9.17) is 0 Å². The van der Waals surface area contributed by atoms with Crippen LogP contribution in [-0.2, 0) is 6.54 Å². The third-order valence-corrected chi connectivity index (χ3v) is 6.47. The van der Waals surface area contributed by atoms with Crippen molar-refractivity contribution >= 4 is 34.7 Å². The lowest BCUT2D eigenvalue weighted by molar-refractivity contribution is 0.0984. The van der Waals surface area contributed by atoms with Crippen LogP contribution in [0, 0.1) is 0 Å². The molecule has 3 heterocycles. The van der Waals surface area contributed by atoms with Gasteiger partial charge in [-0.15, -0.1) is 0 Å². The molecule has 1 aliphatic rings. The second-order valence-electron chi connectivity index (χ2n) is 8.86. The van der Waals surface area contributed by atoms with Gasteiger partial charge >= 0.3 is 0 Å². The maximum Gasteiger partial charge on any atom is 0.260 e. The van der Waals surface area contributed by atoms with E-state index in [0.717, 1.165) is 33.8 Å². The fourth-order valence-corrected chi connectivity index (χ4v) is 4.57. The number of fused-ring (bicyclic) bond motifs is 2. The Hall–Kier alpha value is -5.30. The molecule has 184 valence electrons. The SMILES string of the molecule is O=C(Nc1ccc(C(=O)N2Cc3ccccc3Nc3ccccc32)cn1)c1ccccc1-c1ccncc1. The molecule has 0 unspecified atom stereocenters. The molecule has 7 nitrogen and oxygen atoms in total. The predicted molar refractivity (Wildman–Crippen MR) is 149 cm³/mol. The number of hydrogen-bond donors (Lipinski definition) is 2. The van der Waals surface area contributed by atoms with Gasteiger partial charge in [0.05, 0.1) is 23.5 Å². The minimum Gasteiger partial charge on any atom is -0.354 e. The summed E-state index contributed by atoms with van der Waals surface area (Å²) in [6.07, 6.45) is 4.89. The first-order chi connectivity index (χ1) is 18.7. The lowest BCUT2D eigenvalue weighted by Gasteiger charge is -2.22. The Morgan fingerprint density at radius 2 is 1.53 bits per heavy atom. The topological polar surface area (TPSA) is 87.2 Å². The van der Waals surface area contributed by atoms with Gasteiger partial charge in [0.2, 0.25) is 0 Å². The van der Waals surface area contributed by atoms with Crippen molar-refractivity contribution in [3.63, 3.8) is 0 Å². The highest BCUT2D eigenvalue weighted by atomic mass is 16.2. The van der Waals surface area contributed by atoms with Crippen LogP contribution >= 0.6 is 0 Å². The zero-order valence-corrected chi connectivity index (χ0v) is 20.3. The van der Waals surface area contributed by atoms with E-state index in [0.29, 0.717) is 23.5 Å². The number of anilines is 4. The van der Waals surface area contributed by atoms with Crippen LogP contribution in [0.4, 0.5) is 22.9 Å². The second-order valence-corrected chi connectivity index (χ2v) is 8.86.